The Labute approximate surface area is 151 Å². The normalized spacial score (nSPS) is 15.1. The van der Waals surface area contributed by atoms with E-state index in [0.29, 0.717) is 11.1 Å². The Hall–Kier alpha value is -2.56. The van der Waals surface area contributed by atoms with Crippen LogP contribution >= 0.6 is 0 Å². The van der Waals surface area contributed by atoms with Crippen LogP contribution in [-0.4, -0.2) is 23.9 Å². The van der Waals surface area contributed by atoms with E-state index in [9.17, 15) is 9.59 Å². The van der Waals surface area contributed by atoms with Crippen molar-refractivity contribution in [2.45, 2.75) is 46.5 Å². The molecular weight excluding hydrogens is 330 g/mol. The molecule has 2 aromatic heterocycles. The van der Waals surface area contributed by atoms with Gasteiger partial charge >= 0.3 is 5.63 Å². The van der Waals surface area contributed by atoms with Crippen LogP contribution in [0, 0.1) is 20.8 Å². The summed E-state index contributed by atoms with van der Waals surface area (Å²) in [7, 11) is 0. The van der Waals surface area contributed by atoms with Crippen molar-refractivity contribution in [1.82, 2.24) is 4.90 Å². The highest BCUT2D eigenvalue weighted by Crippen LogP contribution is 2.32. The molecule has 1 fully saturated rings. The molecule has 5 heteroatoms. The van der Waals surface area contributed by atoms with E-state index in [1.54, 1.807) is 6.26 Å². The standard InChI is InChI=1S/C21H23NO4/c1-12-11-25-19-14(3)20-16(9-15(12)19)13(2)17(21(24)26-20)10-18(23)22-7-5-4-6-8-22/h9,11H,4-8,10H2,1-3H3. The number of hydrogen-bond acceptors (Lipinski definition) is 4. The maximum Gasteiger partial charge on any atom is 0.340 e. The first-order valence-electron chi connectivity index (χ1n) is 9.19. The van der Waals surface area contributed by atoms with Crippen molar-refractivity contribution in [2.75, 3.05) is 13.1 Å². The lowest BCUT2D eigenvalue weighted by molar-refractivity contribution is -0.131. The Balaban J connectivity index is 1.82. The second kappa shape index (κ2) is 6.31. The molecule has 0 atom stereocenters. The maximum absolute atomic E-state index is 12.6. The minimum Gasteiger partial charge on any atom is -0.464 e. The van der Waals surface area contributed by atoms with E-state index in [0.717, 1.165) is 59.0 Å². The first-order chi connectivity index (χ1) is 12.5. The number of carbonyl (C=O) groups excluding carboxylic acids is 1. The largest absolute Gasteiger partial charge is 0.464 e. The summed E-state index contributed by atoms with van der Waals surface area (Å²) in [5.41, 5.74) is 4.02. The fourth-order valence-electron chi connectivity index (χ4n) is 3.93. The summed E-state index contributed by atoms with van der Waals surface area (Å²) < 4.78 is 11.2. The molecule has 0 unspecified atom stereocenters. The first kappa shape index (κ1) is 16.9. The molecule has 4 rings (SSSR count). The van der Waals surface area contributed by atoms with Crippen molar-refractivity contribution in [3.63, 3.8) is 0 Å². The Morgan fingerprint density at radius 2 is 1.77 bits per heavy atom. The van der Waals surface area contributed by atoms with Crippen LogP contribution in [0.15, 0.2) is 26.0 Å². The fourth-order valence-corrected chi connectivity index (χ4v) is 3.93. The van der Waals surface area contributed by atoms with Gasteiger partial charge < -0.3 is 13.7 Å². The maximum atomic E-state index is 12.6. The van der Waals surface area contributed by atoms with Crippen LogP contribution in [0.1, 0.15) is 41.5 Å². The highest BCUT2D eigenvalue weighted by molar-refractivity contribution is 6.00. The average Bonchev–Trinajstić information content (AvgIpc) is 3.02. The Kier molecular flexibility index (Phi) is 4.10. The van der Waals surface area contributed by atoms with Crippen LogP contribution in [0.4, 0.5) is 0 Å². The monoisotopic (exact) mass is 353 g/mol. The Morgan fingerprint density at radius 1 is 1.04 bits per heavy atom. The molecule has 1 aromatic carbocycles. The molecule has 0 aliphatic carbocycles. The van der Waals surface area contributed by atoms with Crippen LogP contribution < -0.4 is 5.63 Å². The number of amides is 1. The third-order valence-corrected chi connectivity index (χ3v) is 5.57. The number of furan rings is 1. The van der Waals surface area contributed by atoms with Gasteiger partial charge in [-0.3, -0.25) is 4.79 Å². The number of piperidine rings is 1. The van der Waals surface area contributed by atoms with Crippen molar-refractivity contribution < 1.29 is 13.6 Å². The topological polar surface area (TPSA) is 63.7 Å². The molecule has 5 nitrogen and oxygen atoms in total. The molecule has 1 aliphatic rings. The molecule has 3 aromatic rings. The molecule has 136 valence electrons. The molecule has 0 bridgehead atoms. The lowest BCUT2D eigenvalue weighted by atomic mass is 9.98. The molecule has 1 aliphatic heterocycles. The molecule has 1 amide bonds. The van der Waals surface area contributed by atoms with Crippen LogP contribution in [0.3, 0.4) is 0 Å². The van der Waals surface area contributed by atoms with Crippen LogP contribution in [0.25, 0.3) is 21.9 Å². The lowest BCUT2D eigenvalue weighted by Crippen LogP contribution is -2.37. The van der Waals surface area contributed by atoms with Crippen LogP contribution in [-0.2, 0) is 11.2 Å². The molecule has 0 saturated carbocycles. The van der Waals surface area contributed by atoms with Crippen molar-refractivity contribution in [2.24, 2.45) is 0 Å². The van der Waals surface area contributed by atoms with Gasteiger partial charge in [-0.05, 0) is 57.2 Å². The van der Waals surface area contributed by atoms with Gasteiger partial charge in [0.05, 0.1) is 18.2 Å². The molecule has 1 saturated heterocycles. The zero-order valence-electron chi connectivity index (χ0n) is 15.5. The van der Waals surface area contributed by atoms with E-state index in [-0.39, 0.29) is 12.3 Å². The number of benzene rings is 1. The molecular formula is C21H23NO4. The second-order valence-corrected chi connectivity index (χ2v) is 7.28. The van der Waals surface area contributed by atoms with E-state index < -0.39 is 5.63 Å². The fraction of sp³-hybridized carbons (Fsp3) is 0.429. The van der Waals surface area contributed by atoms with Gasteiger partial charge in [-0.2, -0.15) is 0 Å². The number of rotatable bonds is 2. The number of hydrogen-bond donors (Lipinski definition) is 0. The zero-order valence-corrected chi connectivity index (χ0v) is 15.5. The third-order valence-electron chi connectivity index (χ3n) is 5.57. The number of likely N-dealkylation sites (tertiary alicyclic amines) is 1. The van der Waals surface area contributed by atoms with Crippen molar-refractivity contribution >= 4 is 27.8 Å². The smallest absolute Gasteiger partial charge is 0.340 e. The summed E-state index contributed by atoms with van der Waals surface area (Å²) in [5.74, 6) is 0.0109. The molecule has 0 radical (unpaired) electrons. The molecule has 0 N–H and O–H groups in total. The predicted molar refractivity (Wildman–Crippen MR) is 101 cm³/mol. The van der Waals surface area contributed by atoms with Gasteiger partial charge in [0.1, 0.15) is 11.2 Å². The van der Waals surface area contributed by atoms with Crippen LogP contribution in [0.5, 0.6) is 0 Å². The van der Waals surface area contributed by atoms with Crippen LogP contribution in [0.2, 0.25) is 0 Å². The third kappa shape index (κ3) is 2.62. The molecule has 3 heterocycles. The van der Waals surface area contributed by atoms with Crippen molar-refractivity contribution in [3.8, 4) is 0 Å². The quantitative estimate of drug-likeness (QED) is 0.653. The summed E-state index contributed by atoms with van der Waals surface area (Å²) >= 11 is 0. The average molecular weight is 353 g/mol. The SMILES string of the molecule is Cc1coc2c(C)c3oc(=O)c(CC(=O)N4CCCCC4)c(C)c3cc12. The van der Waals surface area contributed by atoms with E-state index in [4.69, 9.17) is 8.83 Å². The van der Waals surface area contributed by atoms with Crippen molar-refractivity contribution in [3.05, 3.63) is 45.0 Å². The van der Waals surface area contributed by atoms with Gasteiger partial charge in [-0.25, -0.2) is 4.79 Å². The minimum absolute atomic E-state index is 0.0109. The summed E-state index contributed by atoms with van der Waals surface area (Å²) in [6.07, 6.45) is 5.05. The number of aryl methyl sites for hydroxylation is 3. The van der Waals surface area contributed by atoms with Gasteiger partial charge in [0.15, 0.2) is 0 Å². The van der Waals surface area contributed by atoms with Gasteiger partial charge in [0, 0.05) is 29.4 Å². The van der Waals surface area contributed by atoms with E-state index in [1.165, 1.54) is 6.42 Å². The number of fused-ring (bicyclic) bond motifs is 2. The summed E-state index contributed by atoms with van der Waals surface area (Å²) in [5, 5.41) is 1.89. The van der Waals surface area contributed by atoms with Gasteiger partial charge in [-0.15, -0.1) is 0 Å². The van der Waals surface area contributed by atoms with Gasteiger partial charge in [-0.1, -0.05) is 0 Å². The number of carbonyl (C=O) groups is 1. The van der Waals surface area contributed by atoms with Gasteiger partial charge in [0.25, 0.3) is 0 Å². The first-order valence-corrected chi connectivity index (χ1v) is 9.19. The second-order valence-electron chi connectivity index (χ2n) is 7.28. The van der Waals surface area contributed by atoms with Crippen molar-refractivity contribution in [1.29, 1.82) is 0 Å². The highest BCUT2D eigenvalue weighted by atomic mass is 16.4. The van der Waals surface area contributed by atoms with E-state index >= 15 is 0 Å². The van der Waals surface area contributed by atoms with E-state index in [2.05, 4.69) is 0 Å². The molecule has 0 spiro atoms. The lowest BCUT2D eigenvalue weighted by Gasteiger charge is -2.26. The Morgan fingerprint density at radius 3 is 2.50 bits per heavy atom. The number of nitrogens with zero attached hydrogens (tertiary/aromatic N) is 1. The van der Waals surface area contributed by atoms with E-state index in [1.807, 2.05) is 31.7 Å². The summed E-state index contributed by atoms with van der Waals surface area (Å²) in [4.78, 5) is 27.1. The van der Waals surface area contributed by atoms with Gasteiger partial charge in [0.2, 0.25) is 5.91 Å². The highest BCUT2D eigenvalue weighted by Gasteiger charge is 2.22. The molecule has 26 heavy (non-hydrogen) atoms. The zero-order chi connectivity index (χ0) is 18.4. The Bertz CT molecular complexity index is 1070. The predicted octanol–water partition coefficient (Wildman–Crippen LogP) is 4.02. The summed E-state index contributed by atoms with van der Waals surface area (Å²) in [6, 6.07) is 2.00. The minimum atomic E-state index is -0.425. The summed E-state index contributed by atoms with van der Waals surface area (Å²) in [6.45, 7) is 7.36.